The van der Waals surface area contributed by atoms with Crippen LogP contribution in [0.5, 0.6) is 0 Å². The van der Waals surface area contributed by atoms with Gasteiger partial charge in [-0.1, -0.05) is 13.0 Å². The maximum absolute atomic E-state index is 13.5. The van der Waals surface area contributed by atoms with Crippen molar-refractivity contribution >= 4 is 17.3 Å². The average Bonchev–Trinajstić information content (AvgIpc) is 2.41. The third-order valence-electron chi connectivity index (χ3n) is 2.96. The number of aryl methyl sites for hydroxylation is 1. The summed E-state index contributed by atoms with van der Waals surface area (Å²) in [5, 5.41) is 2.49. The van der Waals surface area contributed by atoms with Crippen LogP contribution >= 0.6 is 0 Å². The molecule has 0 atom stereocenters. The third kappa shape index (κ3) is 2.93. The first-order valence-corrected chi connectivity index (χ1v) is 6.16. The molecule has 0 fully saturated rings. The molecule has 0 spiro atoms. The van der Waals surface area contributed by atoms with E-state index >= 15 is 0 Å². The van der Waals surface area contributed by atoms with E-state index in [1.54, 1.807) is 18.2 Å². The van der Waals surface area contributed by atoms with Crippen LogP contribution in [0.2, 0.25) is 0 Å². The van der Waals surface area contributed by atoms with Crippen molar-refractivity contribution in [2.45, 2.75) is 13.3 Å². The summed E-state index contributed by atoms with van der Waals surface area (Å²) in [6.45, 7) is 1.96. The molecule has 5 heteroatoms. The fraction of sp³-hybridized carbons (Fsp3) is 0.133. The fourth-order valence-corrected chi connectivity index (χ4v) is 1.86. The number of carbonyl (C=O) groups excluding carboxylic acids is 1. The van der Waals surface area contributed by atoms with E-state index in [4.69, 9.17) is 5.73 Å². The first-order chi connectivity index (χ1) is 9.51. The second kappa shape index (κ2) is 5.69. The van der Waals surface area contributed by atoms with Crippen molar-refractivity contribution in [1.29, 1.82) is 0 Å². The molecule has 0 unspecified atom stereocenters. The Morgan fingerprint density at radius 2 is 1.95 bits per heavy atom. The van der Waals surface area contributed by atoms with Crippen molar-refractivity contribution in [3.8, 4) is 0 Å². The number of halogens is 2. The minimum atomic E-state index is -0.776. The van der Waals surface area contributed by atoms with Crippen LogP contribution < -0.4 is 11.1 Å². The predicted octanol–water partition coefficient (Wildman–Crippen LogP) is 3.36. The van der Waals surface area contributed by atoms with Crippen LogP contribution in [0.3, 0.4) is 0 Å². The molecule has 0 saturated carbocycles. The Morgan fingerprint density at radius 1 is 1.20 bits per heavy atom. The molecule has 2 rings (SSSR count). The van der Waals surface area contributed by atoms with Crippen LogP contribution in [0.1, 0.15) is 22.8 Å². The Balaban J connectivity index is 2.23. The molecular weight excluding hydrogens is 262 g/mol. The molecule has 3 N–H and O–H groups in total. The number of benzene rings is 2. The monoisotopic (exact) mass is 276 g/mol. The zero-order chi connectivity index (χ0) is 14.7. The Hall–Kier alpha value is -2.43. The molecule has 2 aromatic carbocycles. The van der Waals surface area contributed by atoms with E-state index in [9.17, 15) is 13.6 Å². The number of hydrogen-bond acceptors (Lipinski definition) is 2. The molecule has 0 radical (unpaired) electrons. The number of amides is 1. The number of nitrogens with one attached hydrogen (secondary N) is 1. The summed E-state index contributed by atoms with van der Waals surface area (Å²) in [7, 11) is 0. The topological polar surface area (TPSA) is 55.1 Å². The number of nitrogen functional groups attached to an aromatic ring is 1. The summed E-state index contributed by atoms with van der Waals surface area (Å²) in [5.74, 6) is -2.16. The van der Waals surface area contributed by atoms with E-state index in [1.165, 1.54) is 0 Å². The maximum atomic E-state index is 13.5. The van der Waals surface area contributed by atoms with Crippen molar-refractivity contribution in [1.82, 2.24) is 0 Å². The molecule has 0 aliphatic rings. The number of rotatable bonds is 3. The van der Waals surface area contributed by atoms with Gasteiger partial charge in [0.05, 0.1) is 5.56 Å². The SMILES string of the molecule is CCc1ccc(NC(=O)c2cc(F)ccc2F)cc1N. The molecule has 20 heavy (non-hydrogen) atoms. The van der Waals surface area contributed by atoms with Crippen molar-refractivity contribution in [2.24, 2.45) is 0 Å². The van der Waals surface area contributed by atoms with Crippen LogP contribution in [0.4, 0.5) is 20.2 Å². The number of anilines is 2. The lowest BCUT2D eigenvalue weighted by atomic mass is 10.1. The molecule has 104 valence electrons. The minimum Gasteiger partial charge on any atom is -0.398 e. The van der Waals surface area contributed by atoms with Gasteiger partial charge >= 0.3 is 0 Å². The van der Waals surface area contributed by atoms with Crippen LogP contribution in [-0.2, 0) is 6.42 Å². The van der Waals surface area contributed by atoms with E-state index in [2.05, 4.69) is 5.32 Å². The minimum absolute atomic E-state index is 0.344. The van der Waals surface area contributed by atoms with Crippen molar-refractivity contribution in [2.75, 3.05) is 11.1 Å². The molecule has 0 saturated heterocycles. The van der Waals surface area contributed by atoms with E-state index in [0.29, 0.717) is 11.4 Å². The van der Waals surface area contributed by atoms with Gasteiger partial charge in [0, 0.05) is 11.4 Å². The van der Waals surface area contributed by atoms with Crippen molar-refractivity contribution < 1.29 is 13.6 Å². The van der Waals surface area contributed by atoms with E-state index in [0.717, 1.165) is 30.2 Å². The highest BCUT2D eigenvalue weighted by atomic mass is 19.1. The third-order valence-corrected chi connectivity index (χ3v) is 2.96. The summed E-state index contributed by atoms with van der Waals surface area (Å²) >= 11 is 0. The van der Waals surface area contributed by atoms with Gasteiger partial charge in [0.1, 0.15) is 11.6 Å². The molecule has 0 aromatic heterocycles. The number of carbonyl (C=O) groups is 1. The molecule has 3 nitrogen and oxygen atoms in total. The lowest BCUT2D eigenvalue weighted by Crippen LogP contribution is -2.14. The highest BCUT2D eigenvalue weighted by Crippen LogP contribution is 2.19. The van der Waals surface area contributed by atoms with Crippen LogP contribution in [0.15, 0.2) is 36.4 Å². The zero-order valence-electron chi connectivity index (χ0n) is 10.9. The molecular formula is C15H14F2N2O. The highest BCUT2D eigenvalue weighted by molar-refractivity contribution is 6.04. The van der Waals surface area contributed by atoms with E-state index in [1.807, 2.05) is 6.92 Å². The number of nitrogens with two attached hydrogens (primary N) is 1. The highest BCUT2D eigenvalue weighted by Gasteiger charge is 2.13. The summed E-state index contributed by atoms with van der Waals surface area (Å²) in [6.07, 6.45) is 0.776. The normalized spacial score (nSPS) is 10.3. The molecule has 0 heterocycles. The van der Waals surface area contributed by atoms with Gasteiger partial charge in [0.15, 0.2) is 0 Å². The first kappa shape index (κ1) is 14.0. The van der Waals surface area contributed by atoms with Gasteiger partial charge in [-0.05, 0) is 42.3 Å². The summed E-state index contributed by atoms with van der Waals surface area (Å²) in [4.78, 5) is 11.9. The Morgan fingerprint density at radius 3 is 2.60 bits per heavy atom. The Kier molecular flexibility index (Phi) is 3.98. The van der Waals surface area contributed by atoms with E-state index in [-0.39, 0.29) is 5.56 Å². The Bertz CT molecular complexity index is 656. The lowest BCUT2D eigenvalue weighted by molar-refractivity contribution is 0.102. The second-order valence-electron chi connectivity index (χ2n) is 4.35. The summed E-state index contributed by atoms with van der Waals surface area (Å²) < 4.78 is 26.5. The number of hydrogen-bond donors (Lipinski definition) is 2. The van der Waals surface area contributed by atoms with Gasteiger partial charge in [-0.3, -0.25) is 4.79 Å². The van der Waals surface area contributed by atoms with Gasteiger partial charge < -0.3 is 11.1 Å². The first-order valence-electron chi connectivity index (χ1n) is 6.16. The standard InChI is InChI=1S/C15H14F2N2O/c1-2-9-3-5-11(8-14(9)18)19-15(20)12-7-10(16)4-6-13(12)17/h3-8H,2,18H2,1H3,(H,19,20). The molecule has 0 aliphatic heterocycles. The predicted molar refractivity (Wildman–Crippen MR) is 74.5 cm³/mol. The largest absolute Gasteiger partial charge is 0.398 e. The van der Waals surface area contributed by atoms with Crippen LogP contribution in [0, 0.1) is 11.6 Å². The van der Waals surface area contributed by atoms with Gasteiger partial charge in [0.25, 0.3) is 5.91 Å². The van der Waals surface area contributed by atoms with Crippen LogP contribution in [-0.4, -0.2) is 5.91 Å². The maximum Gasteiger partial charge on any atom is 0.258 e. The smallest absolute Gasteiger partial charge is 0.258 e. The zero-order valence-corrected chi connectivity index (χ0v) is 10.9. The summed E-state index contributed by atoms with van der Waals surface area (Å²) in [5.41, 5.74) is 7.41. The second-order valence-corrected chi connectivity index (χ2v) is 4.35. The fourth-order valence-electron chi connectivity index (χ4n) is 1.86. The summed E-state index contributed by atoms with van der Waals surface area (Å²) in [6, 6.07) is 7.78. The molecule has 1 amide bonds. The van der Waals surface area contributed by atoms with Gasteiger partial charge in [-0.25, -0.2) is 8.78 Å². The average molecular weight is 276 g/mol. The molecule has 0 aliphatic carbocycles. The van der Waals surface area contributed by atoms with Gasteiger partial charge in [-0.15, -0.1) is 0 Å². The van der Waals surface area contributed by atoms with Crippen molar-refractivity contribution in [3.63, 3.8) is 0 Å². The lowest BCUT2D eigenvalue weighted by Gasteiger charge is -2.09. The van der Waals surface area contributed by atoms with Crippen molar-refractivity contribution in [3.05, 3.63) is 59.2 Å². The van der Waals surface area contributed by atoms with Gasteiger partial charge in [0.2, 0.25) is 0 Å². The van der Waals surface area contributed by atoms with E-state index < -0.39 is 17.5 Å². The van der Waals surface area contributed by atoms with Crippen LogP contribution in [0.25, 0.3) is 0 Å². The van der Waals surface area contributed by atoms with Gasteiger partial charge in [-0.2, -0.15) is 0 Å². The quantitative estimate of drug-likeness (QED) is 0.844. The molecule has 0 bridgehead atoms. The molecule has 2 aromatic rings. The Labute approximate surface area is 115 Å².